The van der Waals surface area contributed by atoms with Gasteiger partial charge in [0.05, 0.1) is 6.61 Å². The zero-order chi connectivity index (χ0) is 12.9. The van der Waals surface area contributed by atoms with Gasteiger partial charge in [-0.15, -0.1) is 0 Å². The maximum absolute atomic E-state index is 12.0. The third kappa shape index (κ3) is 2.46. The summed E-state index contributed by atoms with van der Waals surface area (Å²) in [6.07, 6.45) is 0. The van der Waals surface area contributed by atoms with E-state index in [1.165, 1.54) is 7.05 Å². The topological polar surface area (TPSA) is 55.4 Å². The van der Waals surface area contributed by atoms with E-state index >= 15 is 0 Å². The summed E-state index contributed by atoms with van der Waals surface area (Å²) in [4.78, 5) is 23.9. The van der Waals surface area contributed by atoms with Crippen LogP contribution in [0, 0.1) is 0 Å². The van der Waals surface area contributed by atoms with Gasteiger partial charge in [0.15, 0.2) is 5.41 Å². The van der Waals surface area contributed by atoms with E-state index in [0.717, 1.165) is 0 Å². The first-order valence-corrected chi connectivity index (χ1v) is 5.52. The van der Waals surface area contributed by atoms with Crippen LogP contribution in [0.4, 0.5) is 0 Å². The molecule has 1 atom stereocenters. The van der Waals surface area contributed by atoms with E-state index in [0.29, 0.717) is 5.56 Å². The number of amides is 1. The number of carbonyl (C=O) groups is 2. The Balaban J connectivity index is 3.20. The predicted octanol–water partition coefficient (Wildman–Crippen LogP) is 1.25. The summed E-state index contributed by atoms with van der Waals surface area (Å²) < 4.78 is 4.98. The lowest BCUT2D eigenvalue weighted by Crippen LogP contribution is -2.47. The Morgan fingerprint density at radius 1 is 1.29 bits per heavy atom. The number of carbonyl (C=O) groups excluding carboxylic acids is 2. The molecule has 0 radical (unpaired) electrons. The smallest absolute Gasteiger partial charge is 0.325 e. The van der Waals surface area contributed by atoms with Crippen LogP contribution in [0.3, 0.4) is 0 Å². The molecule has 1 aromatic rings. The minimum absolute atomic E-state index is 0.248. The molecule has 1 rings (SSSR count). The van der Waals surface area contributed by atoms with Crippen LogP contribution in [0.2, 0.25) is 0 Å². The van der Waals surface area contributed by atoms with Gasteiger partial charge in [0.2, 0.25) is 5.91 Å². The van der Waals surface area contributed by atoms with Crippen molar-refractivity contribution in [2.45, 2.75) is 19.3 Å². The summed E-state index contributed by atoms with van der Waals surface area (Å²) in [7, 11) is 1.50. The molecule has 0 aliphatic heterocycles. The van der Waals surface area contributed by atoms with Gasteiger partial charge in [0, 0.05) is 7.05 Å². The molecular formula is C13H17NO3. The highest BCUT2D eigenvalue weighted by Gasteiger charge is 2.43. The summed E-state index contributed by atoms with van der Waals surface area (Å²) in [6, 6.07) is 8.89. The Morgan fingerprint density at radius 3 is 2.35 bits per heavy atom. The SMILES string of the molecule is CCOC(=O)C(C)(C(=O)NC)c1ccccc1. The summed E-state index contributed by atoms with van der Waals surface area (Å²) in [5.41, 5.74) is -0.677. The quantitative estimate of drug-likeness (QED) is 0.631. The molecule has 0 heterocycles. The van der Waals surface area contributed by atoms with E-state index in [4.69, 9.17) is 4.74 Å². The molecule has 1 aromatic carbocycles. The fourth-order valence-corrected chi connectivity index (χ4v) is 1.64. The van der Waals surface area contributed by atoms with Crippen LogP contribution in [0.15, 0.2) is 30.3 Å². The maximum atomic E-state index is 12.0. The van der Waals surface area contributed by atoms with Gasteiger partial charge in [-0.25, -0.2) is 0 Å². The van der Waals surface area contributed by atoms with Gasteiger partial charge in [0.25, 0.3) is 0 Å². The van der Waals surface area contributed by atoms with E-state index in [9.17, 15) is 9.59 Å². The molecule has 0 aliphatic carbocycles. The summed E-state index contributed by atoms with van der Waals surface area (Å²) >= 11 is 0. The molecule has 0 saturated heterocycles. The number of ether oxygens (including phenoxy) is 1. The van der Waals surface area contributed by atoms with Crippen LogP contribution < -0.4 is 5.32 Å². The van der Waals surface area contributed by atoms with E-state index in [-0.39, 0.29) is 12.5 Å². The van der Waals surface area contributed by atoms with E-state index < -0.39 is 11.4 Å². The second-order valence-electron chi connectivity index (χ2n) is 3.79. The highest BCUT2D eigenvalue weighted by atomic mass is 16.5. The standard InChI is InChI=1S/C13H17NO3/c1-4-17-12(16)13(2,11(15)14-3)10-8-6-5-7-9-10/h5-9H,4H2,1-3H3,(H,14,15). The molecule has 0 saturated carbocycles. The Kier molecular flexibility index (Phi) is 4.26. The number of hydrogen-bond acceptors (Lipinski definition) is 3. The minimum atomic E-state index is -1.30. The Hall–Kier alpha value is -1.84. The number of nitrogens with one attached hydrogen (secondary N) is 1. The van der Waals surface area contributed by atoms with Crippen molar-refractivity contribution >= 4 is 11.9 Å². The lowest BCUT2D eigenvalue weighted by Gasteiger charge is -2.25. The first kappa shape index (κ1) is 13.2. The van der Waals surface area contributed by atoms with Crippen molar-refractivity contribution < 1.29 is 14.3 Å². The van der Waals surface area contributed by atoms with Gasteiger partial charge in [-0.1, -0.05) is 30.3 Å². The zero-order valence-electron chi connectivity index (χ0n) is 10.3. The molecule has 4 heteroatoms. The van der Waals surface area contributed by atoms with Crippen LogP contribution >= 0.6 is 0 Å². The Labute approximate surface area is 101 Å². The third-order valence-electron chi connectivity index (χ3n) is 2.72. The van der Waals surface area contributed by atoms with Crippen LogP contribution in [0.5, 0.6) is 0 Å². The number of benzene rings is 1. The number of hydrogen-bond donors (Lipinski definition) is 1. The molecule has 92 valence electrons. The van der Waals surface area contributed by atoms with Crippen LogP contribution in [-0.4, -0.2) is 25.5 Å². The van der Waals surface area contributed by atoms with Gasteiger partial charge in [-0.2, -0.15) is 0 Å². The molecule has 17 heavy (non-hydrogen) atoms. The number of rotatable bonds is 4. The van der Waals surface area contributed by atoms with Gasteiger partial charge < -0.3 is 10.1 Å². The van der Waals surface area contributed by atoms with E-state index in [1.807, 2.05) is 6.07 Å². The molecule has 4 nitrogen and oxygen atoms in total. The van der Waals surface area contributed by atoms with Gasteiger partial charge in [0.1, 0.15) is 0 Å². The first-order valence-electron chi connectivity index (χ1n) is 5.52. The maximum Gasteiger partial charge on any atom is 0.325 e. The fraction of sp³-hybridized carbons (Fsp3) is 0.385. The van der Waals surface area contributed by atoms with Gasteiger partial charge in [-0.3, -0.25) is 9.59 Å². The average molecular weight is 235 g/mol. The van der Waals surface area contributed by atoms with Crippen molar-refractivity contribution in [3.63, 3.8) is 0 Å². The van der Waals surface area contributed by atoms with Gasteiger partial charge in [-0.05, 0) is 19.4 Å². The van der Waals surface area contributed by atoms with Crippen molar-refractivity contribution in [3.05, 3.63) is 35.9 Å². The lowest BCUT2D eigenvalue weighted by molar-refractivity contribution is -0.153. The average Bonchev–Trinajstić information content (AvgIpc) is 2.38. The zero-order valence-corrected chi connectivity index (χ0v) is 10.3. The first-order chi connectivity index (χ1) is 8.07. The highest BCUT2D eigenvalue weighted by molar-refractivity contribution is 6.08. The second-order valence-corrected chi connectivity index (χ2v) is 3.79. The predicted molar refractivity (Wildman–Crippen MR) is 64.5 cm³/mol. The van der Waals surface area contributed by atoms with E-state index in [1.54, 1.807) is 38.1 Å². The molecule has 0 bridgehead atoms. The molecule has 0 aromatic heterocycles. The summed E-state index contributed by atoms with van der Waals surface area (Å²) in [5, 5.41) is 2.50. The summed E-state index contributed by atoms with van der Waals surface area (Å²) in [6.45, 7) is 3.53. The molecule has 0 fully saturated rings. The monoisotopic (exact) mass is 235 g/mol. The van der Waals surface area contributed by atoms with E-state index in [2.05, 4.69) is 5.32 Å². The largest absolute Gasteiger partial charge is 0.465 e. The van der Waals surface area contributed by atoms with Crippen molar-refractivity contribution in [1.29, 1.82) is 0 Å². The molecule has 1 N–H and O–H groups in total. The molecule has 1 amide bonds. The van der Waals surface area contributed by atoms with Gasteiger partial charge >= 0.3 is 5.97 Å². The molecule has 1 unspecified atom stereocenters. The Morgan fingerprint density at radius 2 is 1.88 bits per heavy atom. The number of esters is 1. The fourth-order valence-electron chi connectivity index (χ4n) is 1.64. The Bertz CT molecular complexity index is 402. The highest BCUT2D eigenvalue weighted by Crippen LogP contribution is 2.25. The van der Waals surface area contributed by atoms with Crippen molar-refractivity contribution in [3.8, 4) is 0 Å². The third-order valence-corrected chi connectivity index (χ3v) is 2.72. The normalized spacial score (nSPS) is 13.6. The van der Waals surface area contributed by atoms with Crippen LogP contribution in [0.25, 0.3) is 0 Å². The lowest BCUT2D eigenvalue weighted by atomic mass is 9.81. The van der Waals surface area contributed by atoms with Crippen LogP contribution in [0.1, 0.15) is 19.4 Å². The van der Waals surface area contributed by atoms with Crippen molar-refractivity contribution in [1.82, 2.24) is 5.32 Å². The second kappa shape index (κ2) is 5.48. The number of likely N-dealkylation sites (N-methyl/N-ethyl adjacent to an activating group) is 1. The molecule has 0 spiro atoms. The molecule has 0 aliphatic rings. The van der Waals surface area contributed by atoms with Crippen molar-refractivity contribution in [2.24, 2.45) is 0 Å². The van der Waals surface area contributed by atoms with Crippen molar-refractivity contribution in [2.75, 3.05) is 13.7 Å². The minimum Gasteiger partial charge on any atom is -0.465 e. The molecular weight excluding hydrogens is 218 g/mol. The summed E-state index contributed by atoms with van der Waals surface area (Å²) in [5.74, 6) is -0.910. The van der Waals surface area contributed by atoms with Crippen LogP contribution in [-0.2, 0) is 19.7 Å².